The Balaban J connectivity index is 1.69. The summed E-state index contributed by atoms with van der Waals surface area (Å²) in [6, 6.07) is 19.8. The van der Waals surface area contributed by atoms with E-state index in [0.717, 1.165) is 5.56 Å². The molecule has 0 spiro atoms. The van der Waals surface area contributed by atoms with Crippen molar-refractivity contribution < 1.29 is 24.2 Å². The lowest BCUT2D eigenvalue weighted by Gasteiger charge is -2.14. The molecule has 0 aliphatic heterocycles. The van der Waals surface area contributed by atoms with Crippen LogP contribution in [0.4, 0.5) is 16.2 Å². The number of nitrogens with one attached hydrogen (secondary N) is 2. The molecule has 0 atom stereocenters. The summed E-state index contributed by atoms with van der Waals surface area (Å²) in [6.07, 6.45) is 0. The molecule has 1 heterocycles. The fraction of sp³-hybridized carbons (Fsp3) is 0.111. The number of halogens is 2. The van der Waals surface area contributed by atoms with Crippen molar-refractivity contribution in [2.45, 2.75) is 6.92 Å². The number of urea groups is 1. The number of carbonyl (C=O) groups excluding carboxylic acids is 2. The van der Waals surface area contributed by atoms with E-state index in [1.165, 1.54) is 17.7 Å². The van der Waals surface area contributed by atoms with E-state index in [0.29, 0.717) is 27.7 Å². The van der Waals surface area contributed by atoms with Crippen molar-refractivity contribution in [3.05, 3.63) is 88.7 Å². The van der Waals surface area contributed by atoms with Gasteiger partial charge < -0.3 is 25.2 Å². The van der Waals surface area contributed by atoms with E-state index in [1.807, 2.05) is 0 Å². The summed E-state index contributed by atoms with van der Waals surface area (Å²) >= 11 is 12.6. The predicted octanol–water partition coefficient (Wildman–Crippen LogP) is 6.99. The van der Waals surface area contributed by atoms with Crippen LogP contribution in [0.2, 0.25) is 10.2 Å². The minimum Gasteiger partial charge on any atom is -0.504 e. The molecular formula is C27H23Cl2N3O5. The molecule has 1 aromatic heterocycles. The standard InChI is InChI=1S/C27H23Cl2N3O5/c1-3-37-26(34)24-21(31-27(35)30-20-9-5-4-8-19(20)28)15-23(29)32(24)17-13-11-16(12-14-17)18-7-6-10-22(36-2)25(18)33/h4-15,33H,3H2,1-2H3,(H2,30,31,35). The average Bonchev–Trinajstić information content (AvgIpc) is 3.21. The first-order chi connectivity index (χ1) is 17.8. The fourth-order valence-electron chi connectivity index (χ4n) is 3.78. The van der Waals surface area contributed by atoms with Gasteiger partial charge in [0.25, 0.3) is 0 Å². The zero-order chi connectivity index (χ0) is 26.5. The highest BCUT2D eigenvalue weighted by molar-refractivity contribution is 6.34. The number of aromatic hydroxyl groups is 1. The molecular weight excluding hydrogens is 517 g/mol. The van der Waals surface area contributed by atoms with Crippen molar-refractivity contribution in [3.63, 3.8) is 0 Å². The Morgan fingerprint density at radius 3 is 2.32 bits per heavy atom. The maximum absolute atomic E-state index is 12.9. The Morgan fingerprint density at radius 1 is 0.946 bits per heavy atom. The number of methoxy groups -OCH3 is 1. The van der Waals surface area contributed by atoms with Gasteiger partial charge in [-0.15, -0.1) is 0 Å². The van der Waals surface area contributed by atoms with Crippen LogP contribution in [-0.4, -0.2) is 35.4 Å². The van der Waals surface area contributed by atoms with Crippen molar-refractivity contribution in [2.24, 2.45) is 0 Å². The van der Waals surface area contributed by atoms with Crippen LogP contribution in [-0.2, 0) is 4.74 Å². The normalized spacial score (nSPS) is 10.6. The van der Waals surface area contributed by atoms with Crippen LogP contribution in [0.15, 0.2) is 72.8 Å². The summed E-state index contributed by atoms with van der Waals surface area (Å²) in [6.45, 7) is 1.81. The second kappa shape index (κ2) is 11.3. The van der Waals surface area contributed by atoms with Gasteiger partial charge >= 0.3 is 12.0 Å². The topological polar surface area (TPSA) is 102 Å². The fourth-order valence-corrected chi connectivity index (χ4v) is 4.25. The number of carbonyl (C=O) groups is 2. The zero-order valence-corrected chi connectivity index (χ0v) is 21.4. The number of aromatic nitrogens is 1. The van der Waals surface area contributed by atoms with Gasteiger partial charge in [0.1, 0.15) is 5.15 Å². The van der Waals surface area contributed by atoms with Crippen molar-refractivity contribution in [2.75, 3.05) is 24.4 Å². The predicted molar refractivity (Wildman–Crippen MR) is 144 cm³/mol. The van der Waals surface area contributed by atoms with Gasteiger partial charge in [-0.2, -0.15) is 0 Å². The zero-order valence-electron chi connectivity index (χ0n) is 19.9. The van der Waals surface area contributed by atoms with Crippen molar-refractivity contribution in [3.8, 4) is 28.3 Å². The van der Waals surface area contributed by atoms with Crippen LogP contribution in [0.5, 0.6) is 11.5 Å². The Bertz CT molecular complexity index is 1450. The lowest BCUT2D eigenvalue weighted by Crippen LogP contribution is -2.22. The molecule has 2 amide bonds. The number of hydrogen-bond acceptors (Lipinski definition) is 5. The van der Waals surface area contributed by atoms with E-state index in [9.17, 15) is 14.7 Å². The molecule has 0 aliphatic rings. The number of phenols is 1. The van der Waals surface area contributed by atoms with Crippen LogP contribution in [0.3, 0.4) is 0 Å². The number of anilines is 2. The first-order valence-electron chi connectivity index (χ1n) is 11.2. The minimum atomic E-state index is -0.669. The van der Waals surface area contributed by atoms with Crippen LogP contribution < -0.4 is 15.4 Å². The number of benzene rings is 3. The number of phenolic OH excluding ortho intramolecular Hbond substituents is 1. The van der Waals surface area contributed by atoms with Gasteiger partial charge in [0.2, 0.25) is 0 Å². The maximum atomic E-state index is 12.9. The second-order valence-electron chi connectivity index (χ2n) is 7.75. The monoisotopic (exact) mass is 539 g/mol. The minimum absolute atomic E-state index is 0.0139. The Morgan fingerprint density at radius 2 is 1.65 bits per heavy atom. The smallest absolute Gasteiger partial charge is 0.357 e. The summed E-state index contributed by atoms with van der Waals surface area (Å²) in [5.74, 6) is -0.303. The van der Waals surface area contributed by atoms with Crippen molar-refractivity contribution >= 4 is 46.6 Å². The van der Waals surface area contributed by atoms with Crippen LogP contribution in [0.25, 0.3) is 16.8 Å². The molecule has 37 heavy (non-hydrogen) atoms. The van der Waals surface area contributed by atoms with Crippen LogP contribution >= 0.6 is 23.2 Å². The first-order valence-corrected chi connectivity index (χ1v) is 12.0. The lowest BCUT2D eigenvalue weighted by molar-refractivity contribution is 0.0518. The van der Waals surface area contributed by atoms with Gasteiger partial charge in [0.05, 0.1) is 30.1 Å². The quantitative estimate of drug-likeness (QED) is 0.220. The molecule has 0 radical (unpaired) electrons. The van der Waals surface area contributed by atoms with Crippen LogP contribution in [0, 0.1) is 0 Å². The Kier molecular flexibility index (Phi) is 7.91. The number of esters is 1. The molecule has 0 unspecified atom stereocenters. The second-order valence-corrected chi connectivity index (χ2v) is 8.54. The molecule has 0 fully saturated rings. The third-order valence-electron chi connectivity index (χ3n) is 5.45. The average molecular weight is 540 g/mol. The Hall–Kier alpha value is -4.14. The third-order valence-corrected chi connectivity index (χ3v) is 6.06. The van der Waals surface area contributed by atoms with E-state index in [-0.39, 0.29) is 28.9 Å². The molecule has 0 aliphatic carbocycles. The van der Waals surface area contributed by atoms with Crippen molar-refractivity contribution in [1.29, 1.82) is 0 Å². The lowest BCUT2D eigenvalue weighted by atomic mass is 10.0. The van der Waals surface area contributed by atoms with Gasteiger partial charge in [0.15, 0.2) is 17.2 Å². The highest BCUT2D eigenvalue weighted by atomic mass is 35.5. The highest BCUT2D eigenvalue weighted by Gasteiger charge is 2.24. The van der Waals surface area contributed by atoms with E-state index in [4.69, 9.17) is 32.7 Å². The van der Waals surface area contributed by atoms with Gasteiger partial charge in [-0.05, 0) is 42.8 Å². The van der Waals surface area contributed by atoms with Crippen molar-refractivity contribution in [1.82, 2.24) is 4.57 Å². The molecule has 4 aromatic rings. The van der Waals surface area contributed by atoms with Crippen LogP contribution in [0.1, 0.15) is 17.4 Å². The number of ether oxygens (including phenoxy) is 2. The molecule has 4 rings (SSSR count). The number of rotatable bonds is 7. The molecule has 8 nitrogen and oxygen atoms in total. The number of nitrogens with zero attached hydrogens (tertiary/aromatic N) is 1. The summed E-state index contributed by atoms with van der Waals surface area (Å²) < 4.78 is 11.9. The molecule has 10 heteroatoms. The molecule has 3 aromatic carbocycles. The summed E-state index contributed by atoms with van der Waals surface area (Å²) in [7, 11) is 1.48. The van der Waals surface area contributed by atoms with Gasteiger partial charge in [-0.3, -0.25) is 4.57 Å². The van der Waals surface area contributed by atoms with E-state index in [1.54, 1.807) is 73.7 Å². The summed E-state index contributed by atoms with van der Waals surface area (Å²) in [5, 5.41) is 16.3. The highest BCUT2D eigenvalue weighted by Crippen LogP contribution is 2.38. The molecule has 3 N–H and O–H groups in total. The number of para-hydroxylation sites is 2. The molecule has 0 saturated carbocycles. The molecule has 0 bridgehead atoms. The largest absolute Gasteiger partial charge is 0.504 e. The third kappa shape index (κ3) is 5.50. The summed E-state index contributed by atoms with van der Waals surface area (Å²) in [4.78, 5) is 25.6. The van der Waals surface area contributed by atoms with Gasteiger partial charge in [-0.1, -0.05) is 59.6 Å². The summed E-state index contributed by atoms with van der Waals surface area (Å²) in [5.41, 5.74) is 2.44. The van der Waals surface area contributed by atoms with E-state index >= 15 is 0 Å². The molecule has 0 saturated heterocycles. The van der Waals surface area contributed by atoms with E-state index in [2.05, 4.69) is 10.6 Å². The Labute approximate surface area is 223 Å². The molecule has 190 valence electrons. The number of hydrogen-bond donors (Lipinski definition) is 3. The van der Waals surface area contributed by atoms with Gasteiger partial charge in [-0.25, -0.2) is 9.59 Å². The SMILES string of the molecule is CCOC(=O)c1c(NC(=O)Nc2ccccc2Cl)cc(Cl)n1-c1ccc(-c2cccc(OC)c2O)cc1. The number of amides is 2. The maximum Gasteiger partial charge on any atom is 0.357 e. The van der Waals surface area contributed by atoms with E-state index < -0.39 is 12.0 Å². The first kappa shape index (κ1) is 25.9. The van der Waals surface area contributed by atoms with Gasteiger partial charge in [0, 0.05) is 17.3 Å².